The Morgan fingerprint density at radius 3 is 2.94 bits per heavy atom. The van der Waals surface area contributed by atoms with Crippen molar-refractivity contribution in [3.05, 3.63) is 11.9 Å². The second-order valence-corrected chi connectivity index (χ2v) is 4.82. The predicted molar refractivity (Wildman–Crippen MR) is 58.8 cm³/mol. The van der Waals surface area contributed by atoms with Gasteiger partial charge in [-0.15, -0.1) is 5.10 Å². The lowest BCUT2D eigenvalue weighted by atomic mass is 9.82. The lowest BCUT2D eigenvalue weighted by molar-refractivity contribution is 0.0857. The van der Waals surface area contributed by atoms with Gasteiger partial charge in [0.2, 0.25) is 0 Å². The highest BCUT2D eigenvalue weighted by atomic mass is 16.5. The Kier molecular flexibility index (Phi) is 2.44. The Hall–Kier alpha value is -0.940. The summed E-state index contributed by atoms with van der Waals surface area (Å²) in [6, 6.07) is 0.315. The number of fused-ring (bicyclic) bond motifs is 2. The van der Waals surface area contributed by atoms with Crippen molar-refractivity contribution in [3.8, 4) is 0 Å². The largest absolute Gasteiger partial charge is 0.375 e. The van der Waals surface area contributed by atoms with Crippen molar-refractivity contribution in [1.29, 1.82) is 0 Å². The standard InChI is InChI=1S/C11H18N4O/c1-12-11(9-6-13-14-15(9)2)8-5-7-3-4-10(8)16-7/h6-8,10-12H,3-5H2,1-2H3. The summed E-state index contributed by atoms with van der Waals surface area (Å²) in [7, 11) is 3.95. The predicted octanol–water partition coefficient (Wildman–Crippen LogP) is 0.643. The third kappa shape index (κ3) is 1.46. The van der Waals surface area contributed by atoms with E-state index in [9.17, 15) is 0 Å². The van der Waals surface area contributed by atoms with Crippen molar-refractivity contribution in [2.45, 2.75) is 37.5 Å². The van der Waals surface area contributed by atoms with Gasteiger partial charge in [0.05, 0.1) is 30.1 Å². The van der Waals surface area contributed by atoms with Gasteiger partial charge in [0.1, 0.15) is 0 Å². The summed E-state index contributed by atoms with van der Waals surface area (Å²) in [4.78, 5) is 0. The first kappa shape index (κ1) is 10.2. The average molecular weight is 222 g/mol. The molecule has 2 fully saturated rings. The lowest BCUT2D eigenvalue weighted by Crippen LogP contribution is -2.33. The van der Waals surface area contributed by atoms with Gasteiger partial charge < -0.3 is 10.1 Å². The van der Waals surface area contributed by atoms with Gasteiger partial charge in [-0.2, -0.15) is 0 Å². The van der Waals surface area contributed by atoms with E-state index in [2.05, 4.69) is 15.6 Å². The normalized spacial score (nSPS) is 34.5. The van der Waals surface area contributed by atoms with Crippen molar-refractivity contribution in [3.63, 3.8) is 0 Å². The molecule has 2 bridgehead atoms. The van der Waals surface area contributed by atoms with E-state index < -0.39 is 0 Å². The molecule has 4 atom stereocenters. The molecule has 2 saturated heterocycles. The Balaban J connectivity index is 1.84. The van der Waals surface area contributed by atoms with E-state index in [0.29, 0.717) is 24.2 Å². The number of nitrogens with zero attached hydrogens (tertiary/aromatic N) is 3. The van der Waals surface area contributed by atoms with E-state index in [1.165, 1.54) is 19.3 Å². The van der Waals surface area contributed by atoms with Crippen LogP contribution in [0.2, 0.25) is 0 Å². The minimum atomic E-state index is 0.315. The first-order valence-electron chi connectivity index (χ1n) is 5.97. The maximum atomic E-state index is 5.92. The highest BCUT2D eigenvalue weighted by molar-refractivity contribution is 5.08. The van der Waals surface area contributed by atoms with Crippen molar-refractivity contribution in [2.24, 2.45) is 13.0 Å². The molecule has 5 heteroatoms. The molecule has 1 aromatic rings. The van der Waals surface area contributed by atoms with Crippen LogP contribution in [0.5, 0.6) is 0 Å². The zero-order valence-corrected chi connectivity index (χ0v) is 9.76. The van der Waals surface area contributed by atoms with Gasteiger partial charge in [-0.1, -0.05) is 5.21 Å². The van der Waals surface area contributed by atoms with Crippen LogP contribution >= 0.6 is 0 Å². The zero-order valence-electron chi connectivity index (χ0n) is 9.76. The highest BCUT2D eigenvalue weighted by Gasteiger charge is 2.45. The maximum Gasteiger partial charge on any atom is 0.0756 e. The molecule has 0 amide bonds. The van der Waals surface area contributed by atoms with Crippen molar-refractivity contribution in [1.82, 2.24) is 20.3 Å². The van der Waals surface area contributed by atoms with Crippen LogP contribution in [0.15, 0.2) is 6.20 Å². The molecule has 4 unspecified atom stereocenters. The van der Waals surface area contributed by atoms with Gasteiger partial charge in [-0.3, -0.25) is 4.68 Å². The van der Waals surface area contributed by atoms with Crippen LogP contribution in [0.25, 0.3) is 0 Å². The van der Waals surface area contributed by atoms with Crippen LogP contribution in [-0.2, 0) is 11.8 Å². The molecule has 3 heterocycles. The number of hydrogen-bond donors (Lipinski definition) is 1. The van der Waals surface area contributed by atoms with Gasteiger partial charge in [0, 0.05) is 13.0 Å². The molecule has 88 valence electrons. The van der Waals surface area contributed by atoms with Gasteiger partial charge in [-0.05, 0) is 26.3 Å². The number of aromatic nitrogens is 3. The van der Waals surface area contributed by atoms with Crippen LogP contribution in [0.4, 0.5) is 0 Å². The quantitative estimate of drug-likeness (QED) is 0.815. The molecule has 16 heavy (non-hydrogen) atoms. The third-order valence-corrected chi connectivity index (χ3v) is 3.96. The SMILES string of the molecule is CNC(c1cnnn1C)C1CC2CCC1O2. The molecule has 0 aliphatic carbocycles. The van der Waals surface area contributed by atoms with Gasteiger partial charge >= 0.3 is 0 Å². The van der Waals surface area contributed by atoms with E-state index >= 15 is 0 Å². The highest BCUT2D eigenvalue weighted by Crippen LogP contribution is 2.44. The average Bonchev–Trinajstić information content (AvgIpc) is 2.97. The van der Waals surface area contributed by atoms with Crippen molar-refractivity contribution < 1.29 is 4.74 Å². The summed E-state index contributed by atoms with van der Waals surface area (Å²) in [6.45, 7) is 0. The fourth-order valence-electron chi connectivity index (χ4n) is 3.19. The van der Waals surface area contributed by atoms with Crippen molar-refractivity contribution in [2.75, 3.05) is 7.05 Å². The molecule has 1 aromatic heterocycles. The molecule has 0 saturated carbocycles. The van der Waals surface area contributed by atoms with E-state index in [1.54, 1.807) is 0 Å². The molecular weight excluding hydrogens is 204 g/mol. The molecule has 2 aliphatic rings. The van der Waals surface area contributed by atoms with Gasteiger partial charge in [0.25, 0.3) is 0 Å². The summed E-state index contributed by atoms with van der Waals surface area (Å²) < 4.78 is 7.77. The maximum absolute atomic E-state index is 5.92. The van der Waals surface area contributed by atoms with Crippen LogP contribution < -0.4 is 5.32 Å². The minimum Gasteiger partial charge on any atom is -0.375 e. The van der Waals surface area contributed by atoms with E-state index in [1.807, 2.05) is 25.0 Å². The second-order valence-electron chi connectivity index (χ2n) is 4.82. The monoisotopic (exact) mass is 222 g/mol. The molecule has 2 aliphatic heterocycles. The first-order chi connectivity index (χ1) is 7.79. The topological polar surface area (TPSA) is 52.0 Å². The lowest BCUT2D eigenvalue weighted by Gasteiger charge is -2.27. The van der Waals surface area contributed by atoms with E-state index in [-0.39, 0.29) is 0 Å². The smallest absolute Gasteiger partial charge is 0.0756 e. The minimum absolute atomic E-state index is 0.315. The molecule has 1 N–H and O–H groups in total. The van der Waals surface area contributed by atoms with Crippen LogP contribution in [-0.4, -0.2) is 34.2 Å². The molecule has 0 spiro atoms. The Morgan fingerprint density at radius 2 is 2.44 bits per heavy atom. The first-order valence-corrected chi connectivity index (χ1v) is 5.97. The molecule has 3 rings (SSSR count). The summed E-state index contributed by atoms with van der Waals surface area (Å²) in [5, 5.41) is 11.4. The van der Waals surface area contributed by atoms with Crippen LogP contribution in [0.1, 0.15) is 31.0 Å². The van der Waals surface area contributed by atoms with Crippen LogP contribution in [0, 0.1) is 5.92 Å². The summed E-state index contributed by atoms with van der Waals surface area (Å²) in [5.74, 6) is 0.570. The summed E-state index contributed by atoms with van der Waals surface area (Å²) >= 11 is 0. The number of hydrogen-bond acceptors (Lipinski definition) is 4. The number of aryl methyl sites for hydroxylation is 1. The Labute approximate surface area is 95.2 Å². The summed E-state index contributed by atoms with van der Waals surface area (Å²) in [5.41, 5.74) is 1.16. The second kappa shape index (κ2) is 3.82. The van der Waals surface area contributed by atoms with Crippen LogP contribution in [0.3, 0.4) is 0 Å². The number of ether oxygens (including phenoxy) is 1. The van der Waals surface area contributed by atoms with E-state index in [0.717, 1.165) is 5.69 Å². The Bertz CT molecular complexity index is 378. The molecule has 0 aromatic carbocycles. The molecule has 0 radical (unpaired) electrons. The number of nitrogens with one attached hydrogen (secondary N) is 1. The van der Waals surface area contributed by atoms with Gasteiger partial charge in [-0.25, -0.2) is 0 Å². The molecular formula is C11H18N4O. The van der Waals surface area contributed by atoms with Gasteiger partial charge in [0.15, 0.2) is 0 Å². The fraction of sp³-hybridized carbons (Fsp3) is 0.818. The van der Waals surface area contributed by atoms with E-state index in [4.69, 9.17) is 4.74 Å². The van der Waals surface area contributed by atoms with Crippen molar-refractivity contribution >= 4 is 0 Å². The molecule has 5 nitrogen and oxygen atoms in total. The zero-order chi connectivity index (χ0) is 11.1. The fourth-order valence-corrected chi connectivity index (χ4v) is 3.19. The Morgan fingerprint density at radius 1 is 1.56 bits per heavy atom. The summed E-state index contributed by atoms with van der Waals surface area (Å²) in [6.07, 6.45) is 6.39. The third-order valence-electron chi connectivity index (χ3n) is 3.96. The number of rotatable bonds is 3.